The SMILES string of the molecule is CC(C)CCNC(=O)NC(=O)COC(=O)c1ccccc1SCC(=O)NC(=O)NCCC(C)C. The van der Waals surface area contributed by atoms with Gasteiger partial charge in [0.05, 0.1) is 11.3 Å². The minimum Gasteiger partial charge on any atom is -0.452 e. The van der Waals surface area contributed by atoms with E-state index in [-0.39, 0.29) is 11.3 Å². The van der Waals surface area contributed by atoms with Crippen molar-refractivity contribution < 1.29 is 28.7 Å². The van der Waals surface area contributed by atoms with Crippen LogP contribution in [0.25, 0.3) is 0 Å². The molecule has 188 valence electrons. The quantitative estimate of drug-likeness (QED) is 0.258. The van der Waals surface area contributed by atoms with E-state index in [4.69, 9.17) is 4.74 Å². The summed E-state index contributed by atoms with van der Waals surface area (Å²) in [7, 11) is 0. The number of carbonyl (C=O) groups excluding carboxylic acids is 5. The van der Waals surface area contributed by atoms with Crippen molar-refractivity contribution >= 4 is 41.6 Å². The molecule has 0 atom stereocenters. The first-order valence-corrected chi connectivity index (χ1v) is 12.1. The lowest BCUT2D eigenvalue weighted by molar-refractivity contribution is -0.123. The Balaban J connectivity index is 2.48. The Hall–Kier alpha value is -3.08. The second-order valence-electron chi connectivity index (χ2n) is 8.33. The summed E-state index contributed by atoms with van der Waals surface area (Å²) in [6.07, 6.45) is 1.57. The predicted octanol–water partition coefficient (Wildman–Crippen LogP) is 2.68. The van der Waals surface area contributed by atoms with Crippen LogP contribution in [0, 0.1) is 11.8 Å². The standard InChI is InChI=1S/C23H34N4O6S/c1-15(2)9-11-24-22(31)26-19(28)13-33-21(30)17-7-5-6-8-18(17)34-14-20(29)27-23(32)25-12-10-16(3)4/h5-8,15-16H,9-14H2,1-4H3,(H2,24,26,28,31)(H2,25,27,29,32). The fourth-order valence-electron chi connectivity index (χ4n) is 2.48. The Morgan fingerprint density at radius 3 is 1.91 bits per heavy atom. The Morgan fingerprint density at radius 1 is 0.824 bits per heavy atom. The third kappa shape index (κ3) is 12.8. The Bertz CT molecular complexity index is 860. The molecular formula is C23H34N4O6S. The van der Waals surface area contributed by atoms with E-state index in [1.165, 1.54) is 6.07 Å². The molecule has 4 N–H and O–H groups in total. The number of carbonyl (C=O) groups is 5. The number of nitrogens with one attached hydrogen (secondary N) is 4. The molecule has 0 saturated carbocycles. The van der Waals surface area contributed by atoms with Crippen molar-refractivity contribution in [3.05, 3.63) is 29.8 Å². The number of amides is 6. The lowest BCUT2D eigenvalue weighted by Crippen LogP contribution is -2.42. The van der Waals surface area contributed by atoms with Crippen LogP contribution in [0.3, 0.4) is 0 Å². The monoisotopic (exact) mass is 494 g/mol. The number of hydrogen-bond acceptors (Lipinski definition) is 7. The fraction of sp³-hybridized carbons (Fsp3) is 0.522. The molecule has 34 heavy (non-hydrogen) atoms. The van der Waals surface area contributed by atoms with Gasteiger partial charge in [0.1, 0.15) is 0 Å². The molecule has 0 aliphatic rings. The van der Waals surface area contributed by atoms with Crippen LogP contribution in [0.15, 0.2) is 29.2 Å². The third-order valence-corrected chi connectivity index (χ3v) is 5.39. The van der Waals surface area contributed by atoms with Crippen molar-refractivity contribution in [2.45, 2.75) is 45.4 Å². The molecule has 1 aromatic carbocycles. The predicted molar refractivity (Wildman–Crippen MR) is 129 cm³/mol. The smallest absolute Gasteiger partial charge is 0.339 e. The van der Waals surface area contributed by atoms with Gasteiger partial charge >= 0.3 is 18.0 Å². The lowest BCUT2D eigenvalue weighted by Gasteiger charge is -2.11. The number of thioether (sulfide) groups is 1. The van der Waals surface area contributed by atoms with Crippen LogP contribution in [0.2, 0.25) is 0 Å². The maximum Gasteiger partial charge on any atom is 0.339 e. The van der Waals surface area contributed by atoms with Crippen LogP contribution >= 0.6 is 11.8 Å². The summed E-state index contributed by atoms with van der Waals surface area (Å²) in [5.41, 5.74) is 0.163. The molecule has 0 fully saturated rings. The molecule has 0 bridgehead atoms. The molecule has 10 nitrogen and oxygen atoms in total. The summed E-state index contributed by atoms with van der Waals surface area (Å²) in [6.45, 7) is 8.34. The normalized spacial score (nSPS) is 10.5. The van der Waals surface area contributed by atoms with Gasteiger partial charge in [-0.3, -0.25) is 20.2 Å². The molecule has 0 aliphatic carbocycles. The van der Waals surface area contributed by atoms with Crippen molar-refractivity contribution in [2.75, 3.05) is 25.4 Å². The molecular weight excluding hydrogens is 460 g/mol. The van der Waals surface area contributed by atoms with Crippen LogP contribution in [-0.4, -0.2) is 55.3 Å². The van der Waals surface area contributed by atoms with Gasteiger partial charge in [-0.15, -0.1) is 11.8 Å². The first kappa shape index (κ1) is 29.0. The van der Waals surface area contributed by atoms with Gasteiger partial charge in [0.15, 0.2) is 6.61 Å². The second-order valence-corrected chi connectivity index (χ2v) is 9.35. The van der Waals surface area contributed by atoms with E-state index in [2.05, 4.69) is 21.3 Å². The van der Waals surface area contributed by atoms with Gasteiger partial charge in [-0.05, 0) is 36.8 Å². The van der Waals surface area contributed by atoms with E-state index in [0.29, 0.717) is 29.8 Å². The summed E-state index contributed by atoms with van der Waals surface area (Å²) in [6, 6.07) is 5.20. The number of hydrogen-bond donors (Lipinski definition) is 4. The number of ether oxygens (including phenoxy) is 1. The first-order chi connectivity index (χ1) is 16.1. The van der Waals surface area contributed by atoms with Crippen LogP contribution in [-0.2, 0) is 14.3 Å². The van der Waals surface area contributed by atoms with Crippen molar-refractivity contribution in [3.63, 3.8) is 0 Å². The summed E-state index contributed by atoms with van der Waals surface area (Å²) < 4.78 is 5.00. The molecule has 1 rings (SSSR count). The highest BCUT2D eigenvalue weighted by Crippen LogP contribution is 2.23. The number of benzene rings is 1. The fourth-order valence-corrected chi connectivity index (χ4v) is 3.32. The lowest BCUT2D eigenvalue weighted by atomic mass is 10.1. The van der Waals surface area contributed by atoms with E-state index in [1.807, 2.05) is 27.7 Å². The number of urea groups is 2. The Morgan fingerprint density at radius 2 is 1.35 bits per heavy atom. The van der Waals surface area contributed by atoms with Gasteiger partial charge in [-0.1, -0.05) is 39.8 Å². The van der Waals surface area contributed by atoms with E-state index < -0.39 is 36.5 Å². The average molecular weight is 495 g/mol. The van der Waals surface area contributed by atoms with Crippen LogP contribution in [0.4, 0.5) is 9.59 Å². The van der Waals surface area contributed by atoms with Gasteiger partial charge in [0.2, 0.25) is 5.91 Å². The molecule has 11 heteroatoms. The van der Waals surface area contributed by atoms with Gasteiger partial charge in [-0.25, -0.2) is 14.4 Å². The zero-order valence-corrected chi connectivity index (χ0v) is 20.9. The van der Waals surface area contributed by atoms with E-state index >= 15 is 0 Å². The highest BCUT2D eigenvalue weighted by molar-refractivity contribution is 8.00. The Labute approximate surface area is 204 Å². The van der Waals surface area contributed by atoms with Crippen molar-refractivity contribution in [1.29, 1.82) is 0 Å². The number of imide groups is 2. The minimum atomic E-state index is -0.773. The molecule has 6 amide bonds. The minimum absolute atomic E-state index is 0.0983. The second kappa shape index (κ2) is 15.7. The summed E-state index contributed by atoms with van der Waals surface area (Å²) >= 11 is 1.05. The van der Waals surface area contributed by atoms with Crippen molar-refractivity contribution in [3.8, 4) is 0 Å². The van der Waals surface area contributed by atoms with Crippen molar-refractivity contribution in [2.24, 2.45) is 11.8 Å². The molecule has 0 saturated heterocycles. The zero-order chi connectivity index (χ0) is 25.5. The zero-order valence-electron chi connectivity index (χ0n) is 20.1. The molecule has 0 radical (unpaired) electrons. The number of esters is 1. The van der Waals surface area contributed by atoms with Crippen LogP contribution in [0.5, 0.6) is 0 Å². The molecule has 0 heterocycles. The maximum absolute atomic E-state index is 12.4. The van der Waals surface area contributed by atoms with Crippen LogP contribution < -0.4 is 21.3 Å². The van der Waals surface area contributed by atoms with E-state index in [9.17, 15) is 24.0 Å². The largest absolute Gasteiger partial charge is 0.452 e. The molecule has 0 spiro atoms. The summed E-state index contributed by atoms with van der Waals surface area (Å²) in [5, 5.41) is 9.48. The molecule has 1 aromatic rings. The van der Waals surface area contributed by atoms with Crippen molar-refractivity contribution in [1.82, 2.24) is 21.3 Å². The first-order valence-electron chi connectivity index (χ1n) is 11.1. The summed E-state index contributed by atoms with van der Waals surface area (Å²) in [4.78, 5) is 60.2. The molecule has 0 aromatic heterocycles. The number of rotatable bonds is 12. The maximum atomic E-state index is 12.4. The van der Waals surface area contributed by atoms with Gasteiger partial charge in [-0.2, -0.15) is 0 Å². The third-order valence-electron chi connectivity index (χ3n) is 4.32. The van der Waals surface area contributed by atoms with E-state index in [1.54, 1.807) is 18.2 Å². The highest BCUT2D eigenvalue weighted by atomic mass is 32.2. The average Bonchev–Trinajstić information content (AvgIpc) is 2.75. The summed E-state index contributed by atoms with van der Waals surface area (Å²) in [5.74, 6) is -1.31. The Kier molecular flexibility index (Phi) is 13.4. The van der Waals surface area contributed by atoms with Gasteiger partial charge in [0.25, 0.3) is 5.91 Å². The molecule has 0 unspecified atom stereocenters. The van der Waals surface area contributed by atoms with E-state index in [0.717, 1.165) is 24.6 Å². The highest BCUT2D eigenvalue weighted by Gasteiger charge is 2.17. The van der Waals surface area contributed by atoms with Crippen LogP contribution in [0.1, 0.15) is 50.9 Å². The van der Waals surface area contributed by atoms with Gasteiger partial charge in [0, 0.05) is 18.0 Å². The molecule has 0 aliphatic heterocycles. The topological polar surface area (TPSA) is 143 Å². The van der Waals surface area contributed by atoms with Gasteiger partial charge < -0.3 is 15.4 Å².